The first kappa shape index (κ1) is 44.5. The molecule has 4 bridgehead atoms. The Bertz CT molecular complexity index is 4480. The van der Waals surface area contributed by atoms with Gasteiger partial charge in [0, 0.05) is 88.7 Å². The number of para-hydroxylation sites is 7. The average Bonchev–Trinajstić information content (AvgIpc) is 3.68. The second kappa shape index (κ2) is 17.2. The van der Waals surface area contributed by atoms with E-state index in [9.17, 15) is 0 Å². The number of rotatable bonds is 7. The van der Waals surface area contributed by atoms with Crippen LogP contribution in [0.1, 0.15) is 12.5 Å². The van der Waals surface area contributed by atoms with E-state index >= 15 is 0 Å². The number of aromatic nitrogens is 1. The highest BCUT2D eigenvalue weighted by Gasteiger charge is 2.50. The standard InChI is InChI=1S/C71H47B2N5S/c1-2-22-63-69-46-23-21-32-51(39-46)78-62-38-20-17-35-56(62)57-40-52(77-60-36-18-15-33-54(60)55-34-16-19-37-61(55)77)43-68-70(57)73(78)59-44-58-64(45-67(59)79-68)76(50-30-13-6-14-31-50)66-42-53(74(47-24-7-3-8-25-47)48-26-9-4-10-27-48)41-65(71(66)72(58)69)75(63)49-28-11-5-12-29-49/h2-45H,1H3/b22-2-. The Morgan fingerprint density at radius 2 is 1.01 bits per heavy atom. The van der Waals surface area contributed by atoms with Gasteiger partial charge in [-0.15, -0.1) is 0 Å². The zero-order valence-electron chi connectivity index (χ0n) is 43.2. The van der Waals surface area contributed by atoms with Crippen LogP contribution in [0.4, 0.5) is 56.9 Å². The van der Waals surface area contributed by atoms with Gasteiger partial charge in [0.15, 0.2) is 0 Å². The lowest BCUT2D eigenvalue weighted by atomic mass is 9.31. The first-order valence-corrected chi connectivity index (χ1v) is 28.2. The van der Waals surface area contributed by atoms with E-state index in [1.807, 2.05) is 11.8 Å². The second-order valence-electron chi connectivity index (χ2n) is 21.1. The van der Waals surface area contributed by atoms with Gasteiger partial charge in [0.1, 0.15) is 0 Å². The SMILES string of the molecule is C/C=C\C1=C2B3c4cc5c(cc4N(c4ccccc4)c4cc(N(c6ccccc6)c6ccccc6)cc(c43)N1c1ccccc1)Sc1cc(-n3c4ccccc4c4ccccc43)cc3c1B5N(c1cccc2c1)c1ccccc1-3. The van der Waals surface area contributed by atoms with Gasteiger partial charge in [-0.3, -0.25) is 0 Å². The van der Waals surface area contributed by atoms with Crippen molar-refractivity contribution < 1.29 is 0 Å². The van der Waals surface area contributed by atoms with Crippen molar-refractivity contribution in [3.8, 4) is 16.8 Å². The first-order valence-electron chi connectivity index (χ1n) is 27.3. The Morgan fingerprint density at radius 1 is 0.418 bits per heavy atom. The summed E-state index contributed by atoms with van der Waals surface area (Å²) >= 11 is 1.93. The number of fused-ring (bicyclic) bond motifs is 10. The van der Waals surface area contributed by atoms with Crippen molar-refractivity contribution in [3.63, 3.8) is 0 Å². The molecule has 0 saturated heterocycles. The molecule has 5 aliphatic heterocycles. The number of hydrogen-bond donors (Lipinski definition) is 0. The molecule has 0 radical (unpaired) electrons. The van der Waals surface area contributed by atoms with E-state index in [-0.39, 0.29) is 13.6 Å². The Hall–Kier alpha value is -9.62. The minimum Gasteiger partial charge on any atom is -0.376 e. The zero-order valence-corrected chi connectivity index (χ0v) is 44.0. The van der Waals surface area contributed by atoms with Crippen molar-refractivity contribution in [3.05, 3.63) is 278 Å². The lowest BCUT2D eigenvalue weighted by Gasteiger charge is -2.48. The lowest BCUT2D eigenvalue weighted by Crippen LogP contribution is -2.63. The predicted molar refractivity (Wildman–Crippen MR) is 335 cm³/mol. The summed E-state index contributed by atoms with van der Waals surface area (Å²) in [6.45, 7) is 1.93. The summed E-state index contributed by atoms with van der Waals surface area (Å²) in [6.07, 6.45) is 4.58. The number of benzene rings is 11. The first-order chi connectivity index (χ1) is 39.2. The topological polar surface area (TPSA) is 17.9 Å². The fourth-order valence-corrected chi connectivity index (χ4v) is 15.1. The third-order valence-corrected chi connectivity index (χ3v) is 18.1. The molecule has 0 unspecified atom stereocenters. The summed E-state index contributed by atoms with van der Waals surface area (Å²) in [6, 6.07) is 95.2. The molecule has 6 heterocycles. The zero-order chi connectivity index (χ0) is 51.9. The van der Waals surface area contributed by atoms with Crippen LogP contribution in [0, 0.1) is 0 Å². The average molecular weight is 1020 g/mol. The van der Waals surface area contributed by atoms with Crippen molar-refractivity contribution >= 4 is 131 Å². The molecular formula is C71H47B2N5S. The summed E-state index contributed by atoms with van der Waals surface area (Å²) in [5.41, 5.74) is 26.4. The van der Waals surface area contributed by atoms with Gasteiger partial charge in [0.05, 0.1) is 16.7 Å². The number of hydrogen-bond acceptors (Lipinski definition) is 5. The van der Waals surface area contributed by atoms with E-state index in [2.05, 4.69) is 298 Å². The van der Waals surface area contributed by atoms with Crippen molar-refractivity contribution in [2.75, 3.05) is 19.5 Å². The third kappa shape index (κ3) is 6.44. The van der Waals surface area contributed by atoms with Gasteiger partial charge in [-0.1, -0.05) is 163 Å². The molecule has 17 rings (SSSR count). The highest BCUT2D eigenvalue weighted by atomic mass is 32.2. The number of allylic oxidation sites excluding steroid dienone is 2. The van der Waals surface area contributed by atoms with Crippen LogP contribution in [0.2, 0.25) is 0 Å². The molecular weight excluding hydrogens is 977 g/mol. The van der Waals surface area contributed by atoms with Crippen LogP contribution < -0.4 is 41.4 Å². The Labute approximate surface area is 464 Å². The van der Waals surface area contributed by atoms with E-state index in [4.69, 9.17) is 0 Å². The molecule has 0 atom stereocenters. The highest BCUT2D eigenvalue weighted by molar-refractivity contribution is 8.00. The smallest absolute Gasteiger partial charge is 0.331 e. The fourth-order valence-electron chi connectivity index (χ4n) is 13.9. The van der Waals surface area contributed by atoms with Crippen molar-refractivity contribution in [1.29, 1.82) is 0 Å². The minimum atomic E-state index is -0.131. The predicted octanol–water partition coefficient (Wildman–Crippen LogP) is 16.0. The van der Waals surface area contributed by atoms with Gasteiger partial charge < -0.3 is 24.1 Å². The molecule has 0 saturated carbocycles. The molecule has 5 nitrogen and oxygen atoms in total. The molecule has 79 heavy (non-hydrogen) atoms. The maximum atomic E-state index is 2.66. The van der Waals surface area contributed by atoms with E-state index in [1.165, 1.54) is 98.4 Å². The minimum absolute atomic E-state index is 0.104. The van der Waals surface area contributed by atoms with Gasteiger partial charge >= 0.3 is 6.85 Å². The van der Waals surface area contributed by atoms with Gasteiger partial charge in [0.25, 0.3) is 6.71 Å². The van der Waals surface area contributed by atoms with E-state index in [0.29, 0.717) is 0 Å². The van der Waals surface area contributed by atoms with Crippen molar-refractivity contribution in [2.24, 2.45) is 0 Å². The van der Waals surface area contributed by atoms with Gasteiger partial charge in [-0.2, -0.15) is 0 Å². The normalized spacial score (nSPS) is 14.1. The molecule has 0 N–H and O–H groups in total. The van der Waals surface area contributed by atoms with Crippen LogP contribution in [0.15, 0.2) is 282 Å². The summed E-state index contributed by atoms with van der Waals surface area (Å²) in [5.74, 6) is 0. The number of nitrogens with zero attached hydrogens (tertiary/aromatic N) is 5. The Kier molecular flexibility index (Phi) is 9.68. The monoisotopic (exact) mass is 1020 g/mol. The van der Waals surface area contributed by atoms with Crippen LogP contribution >= 0.6 is 11.8 Å². The molecule has 11 aromatic carbocycles. The van der Waals surface area contributed by atoms with Crippen molar-refractivity contribution in [2.45, 2.75) is 16.7 Å². The molecule has 368 valence electrons. The van der Waals surface area contributed by atoms with Gasteiger partial charge in [-0.25, -0.2) is 0 Å². The molecule has 0 amide bonds. The summed E-state index contributed by atoms with van der Waals surface area (Å²) in [5, 5.41) is 2.52. The molecule has 8 heteroatoms. The molecule has 1 aromatic heterocycles. The van der Waals surface area contributed by atoms with E-state index in [1.54, 1.807) is 0 Å². The Balaban J connectivity index is 1.00. The van der Waals surface area contributed by atoms with Crippen LogP contribution in [-0.4, -0.2) is 18.1 Å². The maximum Gasteiger partial charge on any atom is 0.331 e. The summed E-state index contributed by atoms with van der Waals surface area (Å²) in [4.78, 5) is 12.7. The molecule has 0 spiro atoms. The highest BCUT2D eigenvalue weighted by Crippen LogP contribution is 2.53. The Morgan fingerprint density at radius 3 is 1.70 bits per heavy atom. The third-order valence-electron chi connectivity index (χ3n) is 16.9. The van der Waals surface area contributed by atoms with Crippen molar-refractivity contribution in [1.82, 2.24) is 4.57 Å². The summed E-state index contributed by atoms with van der Waals surface area (Å²) < 4.78 is 2.49. The second-order valence-corrected chi connectivity index (χ2v) is 22.2. The lowest BCUT2D eigenvalue weighted by molar-refractivity contribution is 1.16. The summed E-state index contributed by atoms with van der Waals surface area (Å²) in [7, 11) is 0. The van der Waals surface area contributed by atoms with E-state index in [0.717, 1.165) is 45.5 Å². The molecule has 0 fully saturated rings. The number of anilines is 10. The molecule has 12 aromatic rings. The fraction of sp³-hybridized carbons (Fsp3) is 0.0141. The largest absolute Gasteiger partial charge is 0.376 e. The van der Waals surface area contributed by atoms with Crippen LogP contribution in [0.5, 0.6) is 0 Å². The van der Waals surface area contributed by atoms with E-state index < -0.39 is 0 Å². The molecule has 5 aliphatic rings. The van der Waals surface area contributed by atoms with Crippen LogP contribution in [0.25, 0.3) is 44.1 Å². The van der Waals surface area contributed by atoms with Gasteiger partial charge in [-0.05, 0) is 161 Å². The van der Waals surface area contributed by atoms with Crippen LogP contribution in [0.3, 0.4) is 0 Å². The van der Waals surface area contributed by atoms with Gasteiger partial charge in [0.2, 0.25) is 0 Å². The van der Waals surface area contributed by atoms with Crippen LogP contribution in [-0.2, 0) is 0 Å². The molecule has 0 aliphatic carbocycles. The maximum absolute atomic E-state index is 2.66. The quantitative estimate of drug-likeness (QED) is 0.148.